The first-order valence-electron chi connectivity index (χ1n) is 8.30. The molecule has 124 valence electrons. The fraction of sp³-hybridized carbons (Fsp3) is 0.222. The zero-order valence-corrected chi connectivity index (χ0v) is 13.8. The number of nitrogens with zero attached hydrogens (tertiary/aromatic N) is 6. The second-order valence-corrected chi connectivity index (χ2v) is 6.30. The number of hydrogen-bond donors (Lipinski definition) is 1. The molecule has 0 aliphatic carbocycles. The Hall–Kier alpha value is -3.22. The smallest absolute Gasteiger partial charge is 0.227 e. The van der Waals surface area contributed by atoms with Crippen LogP contribution in [0.1, 0.15) is 11.3 Å². The minimum absolute atomic E-state index is 0.738. The summed E-state index contributed by atoms with van der Waals surface area (Å²) in [6, 6.07) is 10.3. The van der Waals surface area contributed by atoms with Gasteiger partial charge in [0.25, 0.3) is 0 Å². The molecule has 0 saturated carbocycles. The number of aromatic nitrogens is 6. The maximum absolute atomic E-state index is 4.70. The zero-order chi connectivity index (χ0) is 16.8. The van der Waals surface area contributed by atoms with Gasteiger partial charge in [-0.2, -0.15) is 10.1 Å². The summed E-state index contributed by atoms with van der Waals surface area (Å²) < 4.78 is 1.92. The molecule has 1 aromatic carbocycles. The molecule has 7 nitrogen and oxygen atoms in total. The molecule has 0 bridgehead atoms. The van der Waals surface area contributed by atoms with E-state index in [-0.39, 0.29) is 0 Å². The van der Waals surface area contributed by atoms with Gasteiger partial charge in [-0.3, -0.25) is 5.10 Å². The summed E-state index contributed by atoms with van der Waals surface area (Å²) in [5, 5.41) is 7.75. The number of aromatic amines is 1. The fourth-order valence-electron chi connectivity index (χ4n) is 3.36. The number of fused-ring (bicyclic) bond motifs is 2. The number of hydrogen-bond acceptors (Lipinski definition) is 5. The molecule has 25 heavy (non-hydrogen) atoms. The average Bonchev–Trinajstić information content (AvgIpc) is 3.25. The predicted molar refractivity (Wildman–Crippen MR) is 95.1 cm³/mol. The van der Waals surface area contributed by atoms with E-state index in [4.69, 9.17) is 4.98 Å². The van der Waals surface area contributed by atoms with Crippen LogP contribution in [0.5, 0.6) is 0 Å². The van der Waals surface area contributed by atoms with Gasteiger partial charge >= 0.3 is 0 Å². The highest BCUT2D eigenvalue weighted by Gasteiger charge is 2.24. The summed E-state index contributed by atoms with van der Waals surface area (Å²) >= 11 is 0. The van der Waals surface area contributed by atoms with Crippen molar-refractivity contribution < 1.29 is 0 Å². The number of imidazole rings is 1. The SMILES string of the molecule is Cn1cnc2cnc(N3CCc4[nH]nc(-c5ccccc5)c4C3)nc21. The van der Waals surface area contributed by atoms with E-state index in [9.17, 15) is 0 Å². The van der Waals surface area contributed by atoms with Crippen molar-refractivity contribution in [1.29, 1.82) is 0 Å². The molecule has 3 aromatic heterocycles. The molecule has 0 unspecified atom stereocenters. The molecule has 0 fully saturated rings. The Morgan fingerprint density at radius 2 is 2.00 bits per heavy atom. The summed E-state index contributed by atoms with van der Waals surface area (Å²) in [7, 11) is 1.95. The third kappa shape index (κ3) is 2.27. The minimum Gasteiger partial charge on any atom is -0.336 e. The van der Waals surface area contributed by atoms with Crippen LogP contribution in [0.2, 0.25) is 0 Å². The number of benzene rings is 1. The highest BCUT2D eigenvalue weighted by atomic mass is 15.3. The normalized spacial score (nSPS) is 14.0. The molecule has 0 atom stereocenters. The highest BCUT2D eigenvalue weighted by Crippen LogP contribution is 2.29. The largest absolute Gasteiger partial charge is 0.336 e. The molecule has 1 aliphatic rings. The third-order valence-electron chi connectivity index (χ3n) is 4.70. The lowest BCUT2D eigenvalue weighted by Gasteiger charge is -2.27. The van der Waals surface area contributed by atoms with E-state index in [0.717, 1.165) is 47.9 Å². The van der Waals surface area contributed by atoms with Gasteiger partial charge in [0, 0.05) is 43.4 Å². The Kier molecular flexibility index (Phi) is 3.06. The Labute approximate surface area is 144 Å². The summed E-state index contributed by atoms with van der Waals surface area (Å²) in [6.07, 6.45) is 4.46. The first-order valence-corrected chi connectivity index (χ1v) is 8.30. The van der Waals surface area contributed by atoms with Gasteiger partial charge in [-0.25, -0.2) is 9.97 Å². The van der Waals surface area contributed by atoms with Gasteiger partial charge in [-0.05, 0) is 0 Å². The summed E-state index contributed by atoms with van der Waals surface area (Å²) in [4.78, 5) is 15.7. The first-order chi connectivity index (χ1) is 12.3. The molecular weight excluding hydrogens is 314 g/mol. The second-order valence-electron chi connectivity index (χ2n) is 6.30. The van der Waals surface area contributed by atoms with E-state index >= 15 is 0 Å². The van der Waals surface area contributed by atoms with E-state index in [1.54, 1.807) is 12.5 Å². The van der Waals surface area contributed by atoms with E-state index < -0.39 is 0 Å². The Bertz CT molecular complexity index is 1050. The minimum atomic E-state index is 0.738. The quantitative estimate of drug-likeness (QED) is 0.610. The first kappa shape index (κ1) is 14.2. The number of aryl methyl sites for hydroxylation is 1. The van der Waals surface area contributed by atoms with Gasteiger partial charge in [-0.1, -0.05) is 30.3 Å². The van der Waals surface area contributed by atoms with Gasteiger partial charge in [0.2, 0.25) is 5.95 Å². The van der Waals surface area contributed by atoms with Crippen molar-refractivity contribution in [2.24, 2.45) is 7.05 Å². The van der Waals surface area contributed by atoms with E-state index in [2.05, 4.69) is 37.2 Å². The number of anilines is 1. The van der Waals surface area contributed by atoms with Crippen LogP contribution in [0.25, 0.3) is 22.4 Å². The monoisotopic (exact) mass is 331 g/mol. The molecule has 0 spiro atoms. The van der Waals surface area contributed by atoms with Crippen molar-refractivity contribution in [3.05, 3.63) is 54.1 Å². The Balaban J connectivity index is 1.53. The van der Waals surface area contributed by atoms with Crippen LogP contribution in [0, 0.1) is 0 Å². The Morgan fingerprint density at radius 3 is 2.88 bits per heavy atom. The van der Waals surface area contributed by atoms with Crippen molar-refractivity contribution in [3.63, 3.8) is 0 Å². The molecule has 0 saturated heterocycles. The number of H-pyrrole nitrogens is 1. The van der Waals surface area contributed by atoms with Gasteiger partial charge in [0.1, 0.15) is 5.52 Å². The van der Waals surface area contributed by atoms with Crippen LogP contribution in [0.15, 0.2) is 42.9 Å². The summed E-state index contributed by atoms with van der Waals surface area (Å²) in [6.45, 7) is 1.62. The maximum Gasteiger partial charge on any atom is 0.227 e. The third-order valence-corrected chi connectivity index (χ3v) is 4.70. The second kappa shape index (κ2) is 5.41. The molecule has 0 amide bonds. The van der Waals surface area contributed by atoms with Crippen molar-refractivity contribution in [1.82, 2.24) is 29.7 Å². The molecule has 5 rings (SSSR count). The number of nitrogens with one attached hydrogen (secondary N) is 1. The standard InChI is InChI=1S/C18H17N7/c1-24-11-20-15-9-19-18(21-17(15)24)25-8-7-14-13(10-25)16(23-22-14)12-5-3-2-4-6-12/h2-6,9,11H,7-8,10H2,1H3,(H,22,23). The molecule has 1 aliphatic heterocycles. The lowest BCUT2D eigenvalue weighted by atomic mass is 10.0. The van der Waals surface area contributed by atoms with Crippen molar-refractivity contribution in [3.8, 4) is 11.3 Å². The van der Waals surface area contributed by atoms with Gasteiger partial charge in [0.05, 0.1) is 18.2 Å². The fourth-order valence-corrected chi connectivity index (χ4v) is 3.36. The topological polar surface area (TPSA) is 75.5 Å². The van der Waals surface area contributed by atoms with Crippen molar-refractivity contribution >= 4 is 17.1 Å². The zero-order valence-electron chi connectivity index (χ0n) is 13.8. The van der Waals surface area contributed by atoms with Gasteiger partial charge in [-0.15, -0.1) is 0 Å². The molecule has 0 radical (unpaired) electrons. The van der Waals surface area contributed by atoms with Gasteiger partial charge < -0.3 is 9.47 Å². The molecule has 7 heteroatoms. The maximum atomic E-state index is 4.70. The lowest BCUT2D eigenvalue weighted by Crippen LogP contribution is -2.31. The van der Waals surface area contributed by atoms with Crippen molar-refractivity contribution in [2.45, 2.75) is 13.0 Å². The molecule has 4 heterocycles. The van der Waals surface area contributed by atoms with E-state index in [1.807, 2.05) is 29.8 Å². The Morgan fingerprint density at radius 1 is 1.12 bits per heavy atom. The van der Waals surface area contributed by atoms with Crippen LogP contribution >= 0.6 is 0 Å². The summed E-state index contributed by atoms with van der Waals surface area (Å²) in [5.41, 5.74) is 6.25. The van der Waals surface area contributed by atoms with Crippen LogP contribution in [-0.2, 0) is 20.0 Å². The highest BCUT2D eigenvalue weighted by molar-refractivity contribution is 5.71. The molecule has 1 N–H and O–H groups in total. The van der Waals surface area contributed by atoms with Crippen molar-refractivity contribution in [2.75, 3.05) is 11.4 Å². The molecule has 4 aromatic rings. The van der Waals surface area contributed by atoms with Crippen LogP contribution in [0.3, 0.4) is 0 Å². The summed E-state index contributed by atoms with van der Waals surface area (Å²) in [5.74, 6) is 0.738. The number of rotatable bonds is 2. The van der Waals surface area contributed by atoms with E-state index in [0.29, 0.717) is 0 Å². The average molecular weight is 331 g/mol. The van der Waals surface area contributed by atoms with E-state index in [1.165, 1.54) is 11.3 Å². The predicted octanol–water partition coefficient (Wildman–Crippen LogP) is 2.32. The lowest BCUT2D eigenvalue weighted by molar-refractivity contribution is 0.700. The molecular formula is C18H17N7. The van der Waals surface area contributed by atoms with Crippen LogP contribution < -0.4 is 4.90 Å². The van der Waals surface area contributed by atoms with Crippen LogP contribution in [-0.4, -0.2) is 36.3 Å². The van der Waals surface area contributed by atoms with Gasteiger partial charge in [0.15, 0.2) is 5.65 Å². The van der Waals surface area contributed by atoms with Crippen LogP contribution in [0.4, 0.5) is 5.95 Å².